The van der Waals surface area contributed by atoms with Crippen LogP contribution in [0.5, 0.6) is 0 Å². The third-order valence-corrected chi connectivity index (χ3v) is 5.33. The van der Waals surface area contributed by atoms with Gasteiger partial charge in [0.05, 0.1) is 12.3 Å². The fourth-order valence-electron chi connectivity index (χ4n) is 3.52. The van der Waals surface area contributed by atoms with Crippen LogP contribution in [-0.2, 0) is 9.59 Å². The number of aliphatic carboxylic acids is 2. The van der Waals surface area contributed by atoms with Gasteiger partial charge in [0.25, 0.3) is 0 Å². The Hall–Kier alpha value is -1.32. The molecule has 0 aliphatic heterocycles. The van der Waals surface area contributed by atoms with Crippen molar-refractivity contribution in [2.75, 3.05) is 0 Å². The van der Waals surface area contributed by atoms with E-state index in [0.29, 0.717) is 6.42 Å². The zero-order valence-corrected chi connectivity index (χ0v) is 18.2. The Kier molecular flexibility index (Phi) is 19.5. The number of carboxylic acid groups (broad SMARTS) is 2. The van der Waals surface area contributed by atoms with Gasteiger partial charge in [0.1, 0.15) is 0 Å². The second-order valence-corrected chi connectivity index (χ2v) is 8.07. The fraction of sp³-hybridized carbons (Fsp3) is 0.833. The summed E-state index contributed by atoms with van der Waals surface area (Å²) in [6.45, 7) is 2.25. The molecule has 0 aliphatic rings. The largest absolute Gasteiger partial charge is 0.481 e. The molecule has 0 aromatic heterocycles. The Morgan fingerprint density at radius 1 is 0.679 bits per heavy atom. The molecule has 4 heteroatoms. The molecule has 0 saturated carbocycles. The molecule has 0 radical (unpaired) electrons. The predicted molar refractivity (Wildman–Crippen MR) is 117 cm³/mol. The fourth-order valence-corrected chi connectivity index (χ4v) is 3.52. The van der Waals surface area contributed by atoms with E-state index in [1.54, 1.807) is 0 Å². The summed E-state index contributed by atoms with van der Waals surface area (Å²) in [5.41, 5.74) is 0. The van der Waals surface area contributed by atoms with E-state index >= 15 is 0 Å². The van der Waals surface area contributed by atoms with E-state index in [0.717, 1.165) is 19.3 Å². The summed E-state index contributed by atoms with van der Waals surface area (Å²) >= 11 is 0. The average Bonchev–Trinajstić information content (AvgIpc) is 2.65. The Morgan fingerprint density at radius 2 is 1.11 bits per heavy atom. The van der Waals surface area contributed by atoms with Crippen LogP contribution >= 0.6 is 0 Å². The van der Waals surface area contributed by atoms with Crippen LogP contribution < -0.4 is 0 Å². The molecule has 1 atom stereocenters. The molecule has 0 aromatic rings. The van der Waals surface area contributed by atoms with Crippen LogP contribution in [0.1, 0.15) is 122 Å². The van der Waals surface area contributed by atoms with Crippen molar-refractivity contribution < 1.29 is 19.8 Å². The zero-order valence-electron chi connectivity index (χ0n) is 18.2. The third kappa shape index (κ3) is 19.4. The maximum absolute atomic E-state index is 11.0. The first-order chi connectivity index (χ1) is 13.6. The Bertz CT molecular complexity index is 403. The number of hydrogen-bond donors (Lipinski definition) is 2. The van der Waals surface area contributed by atoms with Crippen LogP contribution in [0.3, 0.4) is 0 Å². The lowest BCUT2D eigenvalue weighted by Gasteiger charge is -2.09. The molecule has 0 amide bonds. The smallest absolute Gasteiger partial charge is 0.307 e. The summed E-state index contributed by atoms with van der Waals surface area (Å²) in [7, 11) is 0. The van der Waals surface area contributed by atoms with Gasteiger partial charge in [0.15, 0.2) is 0 Å². The SMILES string of the molecule is CCCCC/C=C/CCCCCCCCCCCCCC(CC(=O)O)C(=O)O. The second-order valence-electron chi connectivity index (χ2n) is 8.07. The predicted octanol–water partition coefficient (Wildman–Crippen LogP) is 7.37. The van der Waals surface area contributed by atoms with Crippen molar-refractivity contribution in [2.45, 2.75) is 122 Å². The van der Waals surface area contributed by atoms with Gasteiger partial charge in [-0.1, -0.05) is 96.1 Å². The van der Waals surface area contributed by atoms with E-state index in [2.05, 4.69) is 19.1 Å². The van der Waals surface area contributed by atoms with Crippen molar-refractivity contribution in [3.8, 4) is 0 Å². The number of carboxylic acids is 2. The Labute approximate surface area is 172 Å². The molecule has 0 heterocycles. The highest BCUT2D eigenvalue weighted by molar-refractivity contribution is 5.77. The van der Waals surface area contributed by atoms with Crippen molar-refractivity contribution in [3.05, 3.63) is 12.2 Å². The molecule has 4 nitrogen and oxygen atoms in total. The van der Waals surface area contributed by atoms with Crippen LogP contribution in [0.4, 0.5) is 0 Å². The van der Waals surface area contributed by atoms with Crippen molar-refractivity contribution in [3.63, 3.8) is 0 Å². The zero-order chi connectivity index (χ0) is 20.9. The van der Waals surface area contributed by atoms with E-state index in [1.807, 2.05) is 0 Å². The second kappa shape index (κ2) is 20.4. The molecule has 1 unspecified atom stereocenters. The lowest BCUT2D eigenvalue weighted by Crippen LogP contribution is -2.17. The van der Waals surface area contributed by atoms with Gasteiger partial charge in [-0.25, -0.2) is 0 Å². The van der Waals surface area contributed by atoms with E-state index in [9.17, 15) is 9.59 Å². The summed E-state index contributed by atoms with van der Waals surface area (Å²) in [6, 6.07) is 0. The molecular formula is C24H44O4. The first kappa shape index (κ1) is 26.7. The quantitative estimate of drug-likeness (QED) is 0.157. The van der Waals surface area contributed by atoms with E-state index in [4.69, 9.17) is 10.2 Å². The third-order valence-electron chi connectivity index (χ3n) is 5.33. The summed E-state index contributed by atoms with van der Waals surface area (Å²) in [4.78, 5) is 21.6. The molecule has 0 aromatic carbocycles. The first-order valence-corrected chi connectivity index (χ1v) is 11.7. The van der Waals surface area contributed by atoms with Gasteiger partial charge in [-0.05, 0) is 32.1 Å². The molecule has 0 fully saturated rings. The van der Waals surface area contributed by atoms with E-state index in [1.165, 1.54) is 83.5 Å². The van der Waals surface area contributed by atoms with Gasteiger partial charge in [-0.2, -0.15) is 0 Å². The highest BCUT2D eigenvalue weighted by Gasteiger charge is 2.20. The minimum atomic E-state index is -1.02. The van der Waals surface area contributed by atoms with Crippen LogP contribution in [0.2, 0.25) is 0 Å². The van der Waals surface area contributed by atoms with Crippen LogP contribution in [0.15, 0.2) is 12.2 Å². The highest BCUT2D eigenvalue weighted by atomic mass is 16.4. The van der Waals surface area contributed by atoms with Gasteiger partial charge in [-0.15, -0.1) is 0 Å². The monoisotopic (exact) mass is 396 g/mol. The van der Waals surface area contributed by atoms with Gasteiger partial charge < -0.3 is 10.2 Å². The molecule has 0 rings (SSSR count). The highest BCUT2D eigenvalue weighted by Crippen LogP contribution is 2.17. The molecule has 0 bridgehead atoms. The van der Waals surface area contributed by atoms with Crippen LogP contribution in [0.25, 0.3) is 0 Å². The van der Waals surface area contributed by atoms with Crippen molar-refractivity contribution in [1.82, 2.24) is 0 Å². The molecule has 2 N–H and O–H groups in total. The van der Waals surface area contributed by atoms with Gasteiger partial charge in [-0.3, -0.25) is 9.59 Å². The molecule has 28 heavy (non-hydrogen) atoms. The summed E-state index contributed by atoms with van der Waals surface area (Å²) in [6.07, 6.45) is 24.8. The molecular weight excluding hydrogens is 352 g/mol. The van der Waals surface area contributed by atoms with Crippen molar-refractivity contribution in [2.24, 2.45) is 5.92 Å². The molecule has 0 aliphatic carbocycles. The Morgan fingerprint density at radius 3 is 1.54 bits per heavy atom. The lowest BCUT2D eigenvalue weighted by atomic mass is 9.97. The lowest BCUT2D eigenvalue weighted by molar-refractivity contribution is -0.148. The first-order valence-electron chi connectivity index (χ1n) is 11.7. The maximum Gasteiger partial charge on any atom is 0.307 e. The number of unbranched alkanes of at least 4 members (excludes halogenated alkanes) is 14. The van der Waals surface area contributed by atoms with Crippen LogP contribution in [0, 0.1) is 5.92 Å². The van der Waals surface area contributed by atoms with E-state index < -0.39 is 17.9 Å². The molecule has 0 spiro atoms. The standard InChI is InChI=1S/C24H44O4/c1-2-3-4-5-6-7-8-9-10-11-12-13-14-15-16-17-18-19-20-22(24(27)28)21-23(25)26/h6-7,22H,2-5,8-21H2,1H3,(H,25,26)(H,27,28)/b7-6+. The van der Waals surface area contributed by atoms with Gasteiger partial charge in [0, 0.05) is 0 Å². The summed E-state index contributed by atoms with van der Waals surface area (Å²) in [5, 5.41) is 17.7. The summed E-state index contributed by atoms with van der Waals surface area (Å²) in [5.74, 6) is -2.73. The average molecular weight is 397 g/mol. The normalized spacial score (nSPS) is 12.5. The Balaban J connectivity index is 3.29. The summed E-state index contributed by atoms with van der Waals surface area (Å²) < 4.78 is 0. The van der Waals surface area contributed by atoms with Gasteiger partial charge >= 0.3 is 11.9 Å². The number of hydrogen-bond acceptors (Lipinski definition) is 2. The topological polar surface area (TPSA) is 74.6 Å². The van der Waals surface area contributed by atoms with Crippen LogP contribution in [-0.4, -0.2) is 22.2 Å². The van der Waals surface area contributed by atoms with Crippen molar-refractivity contribution in [1.29, 1.82) is 0 Å². The number of carbonyl (C=O) groups is 2. The van der Waals surface area contributed by atoms with E-state index in [-0.39, 0.29) is 6.42 Å². The minimum absolute atomic E-state index is 0.259. The molecule has 0 saturated heterocycles. The number of allylic oxidation sites excluding steroid dienone is 2. The molecule has 164 valence electrons. The minimum Gasteiger partial charge on any atom is -0.481 e. The van der Waals surface area contributed by atoms with Crippen molar-refractivity contribution >= 4 is 11.9 Å². The van der Waals surface area contributed by atoms with Gasteiger partial charge in [0.2, 0.25) is 0 Å². The maximum atomic E-state index is 11.0. The number of rotatable bonds is 21.